The summed E-state index contributed by atoms with van der Waals surface area (Å²) in [5, 5.41) is 3.13. The molecule has 3 nitrogen and oxygen atoms in total. The first-order valence-corrected chi connectivity index (χ1v) is 5.05. The van der Waals surface area contributed by atoms with Crippen molar-refractivity contribution in [3.05, 3.63) is 47.1 Å². The van der Waals surface area contributed by atoms with E-state index in [0.717, 1.165) is 0 Å². The molecule has 0 spiro atoms. The zero-order chi connectivity index (χ0) is 11.5. The Morgan fingerprint density at radius 1 is 1.31 bits per heavy atom. The van der Waals surface area contributed by atoms with Crippen molar-refractivity contribution in [3.8, 4) is 0 Å². The standard InChI is InChI=1S/C11H9ClFN3/c1-7-8(13)3-2-4-9(7)15-10-5-6-14-11(12)16-10/h2-6H,1H3,(H,14,15,16). The van der Waals surface area contributed by atoms with Crippen LogP contribution in [0.25, 0.3) is 0 Å². The maximum absolute atomic E-state index is 13.3. The Hall–Kier alpha value is -1.68. The van der Waals surface area contributed by atoms with Crippen LogP contribution in [0.2, 0.25) is 5.28 Å². The number of halogens is 2. The van der Waals surface area contributed by atoms with Crippen molar-refractivity contribution >= 4 is 23.1 Å². The average Bonchev–Trinajstić information content (AvgIpc) is 2.25. The third kappa shape index (κ3) is 2.28. The fourth-order valence-corrected chi connectivity index (χ4v) is 1.43. The number of hydrogen-bond acceptors (Lipinski definition) is 3. The molecule has 5 heteroatoms. The van der Waals surface area contributed by atoms with Gasteiger partial charge in [0.05, 0.1) is 0 Å². The van der Waals surface area contributed by atoms with Crippen molar-refractivity contribution in [2.24, 2.45) is 0 Å². The summed E-state index contributed by atoms with van der Waals surface area (Å²) in [6.45, 7) is 1.69. The molecule has 1 aromatic heterocycles. The monoisotopic (exact) mass is 237 g/mol. The number of hydrogen-bond donors (Lipinski definition) is 1. The van der Waals surface area contributed by atoms with E-state index in [4.69, 9.17) is 11.6 Å². The first-order valence-electron chi connectivity index (χ1n) is 4.67. The molecule has 82 valence electrons. The van der Waals surface area contributed by atoms with Crippen molar-refractivity contribution in [1.82, 2.24) is 9.97 Å². The van der Waals surface area contributed by atoms with E-state index in [1.54, 1.807) is 25.1 Å². The number of anilines is 2. The average molecular weight is 238 g/mol. The highest BCUT2D eigenvalue weighted by atomic mass is 35.5. The summed E-state index contributed by atoms with van der Waals surface area (Å²) in [6, 6.07) is 6.48. The number of nitrogens with one attached hydrogen (secondary N) is 1. The summed E-state index contributed by atoms with van der Waals surface area (Å²) < 4.78 is 13.3. The molecule has 0 aliphatic rings. The molecule has 0 aliphatic heterocycles. The van der Waals surface area contributed by atoms with Gasteiger partial charge >= 0.3 is 0 Å². The number of rotatable bonds is 2. The highest BCUT2D eigenvalue weighted by Gasteiger charge is 2.04. The van der Waals surface area contributed by atoms with Crippen molar-refractivity contribution in [1.29, 1.82) is 0 Å². The Morgan fingerprint density at radius 3 is 2.88 bits per heavy atom. The van der Waals surface area contributed by atoms with Crippen LogP contribution < -0.4 is 5.32 Å². The van der Waals surface area contributed by atoms with E-state index in [2.05, 4.69) is 15.3 Å². The molecule has 1 heterocycles. The van der Waals surface area contributed by atoms with Crippen molar-refractivity contribution < 1.29 is 4.39 Å². The SMILES string of the molecule is Cc1c(F)cccc1Nc1ccnc(Cl)n1. The van der Waals surface area contributed by atoms with Gasteiger partial charge in [0.2, 0.25) is 5.28 Å². The topological polar surface area (TPSA) is 37.8 Å². The largest absolute Gasteiger partial charge is 0.340 e. The second-order valence-electron chi connectivity index (χ2n) is 3.25. The molecule has 2 aromatic rings. The van der Waals surface area contributed by atoms with E-state index in [1.807, 2.05) is 0 Å². The Morgan fingerprint density at radius 2 is 2.12 bits per heavy atom. The van der Waals surface area contributed by atoms with Crippen LogP contribution in [-0.4, -0.2) is 9.97 Å². The Balaban J connectivity index is 2.31. The van der Waals surface area contributed by atoms with Gasteiger partial charge in [-0.15, -0.1) is 0 Å². The molecule has 0 bridgehead atoms. The van der Waals surface area contributed by atoms with Crippen LogP contribution in [0.15, 0.2) is 30.5 Å². The molecular weight excluding hydrogens is 229 g/mol. The summed E-state index contributed by atoms with van der Waals surface area (Å²) in [6.07, 6.45) is 1.53. The summed E-state index contributed by atoms with van der Waals surface area (Å²) in [4.78, 5) is 7.72. The molecule has 0 unspecified atom stereocenters. The van der Waals surface area contributed by atoms with Gasteiger partial charge in [-0.05, 0) is 36.7 Å². The number of aromatic nitrogens is 2. The van der Waals surface area contributed by atoms with Gasteiger partial charge in [0.25, 0.3) is 0 Å². The normalized spacial score (nSPS) is 10.2. The highest BCUT2D eigenvalue weighted by molar-refractivity contribution is 6.28. The fourth-order valence-electron chi connectivity index (χ4n) is 1.29. The summed E-state index contributed by atoms with van der Waals surface area (Å²) in [5.74, 6) is 0.277. The quantitative estimate of drug-likeness (QED) is 0.815. The Kier molecular flexibility index (Phi) is 3.01. The van der Waals surface area contributed by atoms with Crippen LogP contribution in [-0.2, 0) is 0 Å². The van der Waals surface area contributed by atoms with Gasteiger partial charge in [-0.25, -0.2) is 14.4 Å². The van der Waals surface area contributed by atoms with Gasteiger partial charge < -0.3 is 5.32 Å². The maximum Gasteiger partial charge on any atom is 0.224 e. The van der Waals surface area contributed by atoms with E-state index in [9.17, 15) is 4.39 Å². The lowest BCUT2D eigenvalue weighted by Crippen LogP contribution is -1.97. The van der Waals surface area contributed by atoms with Crippen molar-refractivity contribution in [3.63, 3.8) is 0 Å². The Labute approximate surface area is 97.3 Å². The second kappa shape index (κ2) is 4.45. The fraction of sp³-hybridized carbons (Fsp3) is 0.0909. The lowest BCUT2D eigenvalue weighted by atomic mass is 10.2. The van der Waals surface area contributed by atoms with Crippen LogP contribution in [0.4, 0.5) is 15.9 Å². The van der Waals surface area contributed by atoms with Crippen LogP contribution in [0.5, 0.6) is 0 Å². The predicted octanol–water partition coefficient (Wildman–Crippen LogP) is 3.32. The van der Waals surface area contributed by atoms with Gasteiger partial charge in [-0.3, -0.25) is 0 Å². The van der Waals surface area contributed by atoms with Gasteiger partial charge in [-0.1, -0.05) is 6.07 Å². The van der Waals surface area contributed by atoms with E-state index < -0.39 is 0 Å². The predicted molar refractivity (Wildman–Crippen MR) is 61.5 cm³/mol. The minimum atomic E-state index is -0.259. The van der Waals surface area contributed by atoms with Crippen LogP contribution in [0.3, 0.4) is 0 Å². The minimum Gasteiger partial charge on any atom is -0.340 e. The number of benzene rings is 1. The lowest BCUT2D eigenvalue weighted by molar-refractivity contribution is 0.619. The molecule has 0 saturated heterocycles. The third-order valence-electron chi connectivity index (χ3n) is 2.16. The van der Waals surface area contributed by atoms with Gasteiger partial charge in [-0.2, -0.15) is 0 Å². The smallest absolute Gasteiger partial charge is 0.224 e. The van der Waals surface area contributed by atoms with Crippen LogP contribution in [0.1, 0.15) is 5.56 Å². The first kappa shape index (κ1) is 10.8. The van der Waals surface area contributed by atoms with E-state index in [0.29, 0.717) is 17.1 Å². The van der Waals surface area contributed by atoms with Gasteiger partial charge in [0, 0.05) is 17.4 Å². The molecule has 0 saturated carbocycles. The summed E-state index contributed by atoms with van der Waals surface area (Å²) in [7, 11) is 0. The molecule has 1 aromatic carbocycles. The summed E-state index contributed by atoms with van der Waals surface area (Å²) in [5.41, 5.74) is 1.20. The molecule has 0 radical (unpaired) electrons. The third-order valence-corrected chi connectivity index (χ3v) is 2.34. The molecule has 2 rings (SSSR count). The van der Waals surface area contributed by atoms with Crippen LogP contribution >= 0.6 is 11.6 Å². The first-order chi connectivity index (χ1) is 7.66. The van der Waals surface area contributed by atoms with Gasteiger partial charge in [0.15, 0.2) is 0 Å². The van der Waals surface area contributed by atoms with Gasteiger partial charge in [0.1, 0.15) is 11.6 Å². The van der Waals surface area contributed by atoms with E-state index in [-0.39, 0.29) is 11.1 Å². The minimum absolute atomic E-state index is 0.152. The zero-order valence-corrected chi connectivity index (χ0v) is 9.29. The van der Waals surface area contributed by atoms with Crippen LogP contribution in [0, 0.1) is 12.7 Å². The van der Waals surface area contributed by atoms with Crippen molar-refractivity contribution in [2.75, 3.05) is 5.32 Å². The van der Waals surface area contributed by atoms with Crippen molar-refractivity contribution in [2.45, 2.75) is 6.92 Å². The maximum atomic E-state index is 13.3. The highest BCUT2D eigenvalue weighted by Crippen LogP contribution is 2.21. The molecule has 0 aliphatic carbocycles. The number of nitrogens with zero attached hydrogens (tertiary/aromatic N) is 2. The molecule has 1 N–H and O–H groups in total. The Bertz CT molecular complexity index is 516. The van der Waals surface area contributed by atoms with E-state index in [1.165, 1.54) is 12.3 Å². The molecular formula is C11H9ClFN3. The molecule has 0 atom stereocenters. The second-order valence-corrected chi connectivity index (χ2v) is 3.59. The lowest BCUT2D eigenvalue weighted by Gasteiger charge is -2.08. The van der Waals surface area contributed by atoms with E-state index >= 15 is 0 Å². The molecule has 16 heavy (non-hydrogen) atoms. The summed E-state index contributed by atoms with van der Waals surface area (Å²) >= 11 is 5.65. The zero-order valence-electron chi connectivity index (χ0n) is 8.54. The molecule has 0 amide bonds. The molecule has 0 fully saturated rings.